The van der Waals surface area contributed by atoms with Crippen molar-refractivity contribution in [3.05, 3.63) is 21.8 Å². The highest BCUT2D eigenvalue weighted by Gasteiger charge is 2.36. The lowest BCUT2D eigenvalue weighted by Crippen LogP contribution is -2.54. The Kier molecular flexibility index (Phi) is 6.13. The van der Waals surface area contributed by atoms with E-state index in [4.69, 9.17) is 19.4 Å². The van der Waals surface area contributed by atoms with Gasteiger partial charge < -0.3 is 19.3 Å². The minimum absolute atomic E-state index is 0.211. The lowest BCUT2D eigenvalue weighted by Gasteiger charge is -2.39. The van der Waals surface area contributed by atoms with Crippen molar-refractivity contribution < 1.29 is 18.5 Å². The van der Waals surface area contributed by atoms with Gasteiger partial charge >= 0.3 is 5.97 Å². The number of hydrogen-bond acceptors (Lipinski definition) is 10. The summed E-state index contributed by atoms with van der Waals surface area (Å²) in [5.41, 5.74) is 1.25. The molecular formula is C21H27N5O4S2. The van der Waals surface area contributed by atoms with Crippen LogP contribution in [0.25, 0.3) is 0 Å². The van der Waals surface area contributed by atoms with Gasteiger partial charge in [-0.15, -0.1) is 11.3 Å². The van der Waals surface area contributed by atoms with E-state index in [0.717, 1.165) is 53.9 Å². The summed E-state index contributed by atoms with van der Waals surface area (Å²) in [6.45, 7) is 4.56. The molecule has 2 aromatic heterocycles. The number of anilines is 2. The van der Waals surface area contributed by atoms with Crippen LogP contribution >= 0.6 is 11.3 Å². The number of nitrogens with zero attached hydrogens (tertiary/aromatic N) is 5. The minimum Gasteiger partial charge on any atom is -0.454 e. The molecule has 1 atom stereocenters. The highest BCUT2D eigenvalue weighted by atomic mass is 32.2. The van der Waals surface area contributed by atoms with Gasteiger partial charge in [0.2, 0.25) is 5.95 Å². The third-order valence-electron chi connectivity index (χ3n) is 6.20. The summed E-state index contributed by atoms with van der Waals surface area (Å²) in [6.07, 6.45) is 3.14. The Balaban J connectivity index is 1.29. The van der Waals surface area contributed by atoms with Crippen molar-refractivity contribution in [2.45, 2.75) is 49.6 Å². The van der Waals surface area contributed by atoms with Crippen LogP contribution in [0.5, 0.6) is 0 Å². The summed E-state index contributed by atoms with van der Waals surface area (Å²) in [7, 11) is 0.958. The molecular weight excluding hydrogens is 450 g/mol. The van der Waals surface area contributed by atoms with E-state index in [1.165, 1.54) is 11.3 Å². The maximum absolute atomic E-state index is 12.7. The second-order valence-electron chi connectivity index (χ2n) is 8.29. The maximum Gasteiger partial charge on any atom is 0.358 e. The Morgan fingerprint density at radius 2 is 2.09 bits per heavy atom. The SMILES string of the molecule is CCc1nc(C(=O)OC2CN(c3nc4c(c(N(C)C5CCOCC5)n3)S(=O)CC4)C2)cs1. The average Bonchev–Trinajstić information content (AvgIpc) is 3.42. The molecule has 0 bridgehead atoms. The third-order valence-corrected chi connectivity index (χ3v) is 8.64. The van der Waals surface area contributed by atoms with Crippen molar-refractivity contribution in [2.24, 2.45) is 0 Å². The van der Waals surface area contributed by atoms with Gasteiger partial charge in [0.15, 0.2) is 11.5 Å². The van der Waals surface area contributed by atoms with Crippen molar-refractivity contribution >= 4 is 39.9 Å². The number of ether oxygens (including phenoxy) is 2. The summed E-state index contributed by atoms with van der Waals surface area (Å²) in [4.78, 5) is 31.2. The molecule has 3 aliphatic rings. The topological polar surface area (TPSA) is 97.8 Å². The van der Waals surface area contributed by atoms with Gasteiger partial charge in [-0.25, -0.2) is 14.8 Å². The molecule has 2 saturated heterocycles. The van der Waals surface area contributed by atoms with Crippen LogP contribution in [0.4, 0.5) is 11.8 Å². The molecule has 3 aliphatic heterocycles. The highest BCUT2D eigenvalue weighted by Crippen LogP contribution is 2.34. The number of fused-ring (bicyclic) bond motifs is 1. The van der Waals surface area contributed by atoms with Crippen LogP contribution < -0.4 is 9.80 Å². The van der Waals surface area contributed by atoms with E-state index in [9.17, 15) is 9.00 Å². The standard InChI is InChI=1S/C21H27N5O4S2/c1-3-17-22-16(12-31-17)20(27)30-14-10-26(11-14)21-23-15-6-9-32(28)18(15)19(24-21)25(2)13-4-7-29-8-5-13/h12-14H,3-11H2,1-2H3. The largest absolute Gasteiger partial charge is 0.454 e. The number of esters is 1. The summed E-state index contributed by atoms with van der Waals surface area (Å²) in [5, 5.41) is 2.68. The van der Waals surface area contributed by atoms with Crippen LogP contribution in [-0.4, -0.2) is 76.4 Å². The van der Waals surface area contributed by atoms with Crippen LogP contribution in [0, 0.1) is 0 Å². The quantitative estimate of drug-likeness (QED) is 0.577. The lowest BCUT2D eigenvalue weighted by molar-refractivity contribution is 0.0225. The van der Waals surface area contributed by atoms with Crippen LogP contribution in [-0.2, 0) is 33.1 Å². The molecule has 0 spiro atoms. The monoisotopic (exact) mass is 477 g/mol. The number of carbonyl (C=O) groups is 1. The first kappa shape index (κ1) is 21.7. The smallest absolute Gasteiger partial charge is 0.358 e. The highest BCUT2D eigenvalue weighted by molar-refractivity contribution is 7.85. The normalized spacial score (nSPS) is 21.3. The summed E-state index contributed by atoms with van der Waals surface area (Å²) < 4.78 is 23.8. The Hall–Kier alpha value is -2.11. The van der Waals surface area contributed by atoms with E-state index in [-0.39, 0.29) is 12.1 Å². The molecule has 0 aliphatic carbocycles. The van der Waals surface area contributed by atoms with Gasteiger partial charge in [-0.1, -0.05) is 6.92 Å². The maximum atomic E-state index is 12.7. The summed E-state index contributed by atoms with van der Waals surface area (Å²) in [5.74, 6) is 1.60. The predicted octanol–water partition coefficient (Wildman–Crippen LogP) is 1.82. The van der Waals surface area contributed by atoms with E-state index in [0.29, 0.717) is 42.9 Å². The van der Waals surface area contributed by atoms with Crippen molar-refractivity contribution in [2.75, 3.05) is 48.9 Å². The molecule has 32 heavy (non-hydrogen) atoms. The third kappa shape index (κ3) is 4.13. The summed E-state index contributed by atoms with van der Waals surface area (Å²) >= 11 is 1.48. The second-order valence-corrected chi connectivity index (χ2v) is 10.7. The molecule has 172 valence electrons. The fourth-order valence-electron chi connectivity index (χ4n) is 4.25. The Morgan fingerprint density at radius 1 is 1.31 bits per heavy atom. The average molecular weight is 478 g/mol. The van der Waals surface area contributed by atoms with Gasteiger partial charge in [0, 0.05) is 43.9 Å². The van der Waals surface area contributed by atoms with Gasteiger partial charge in [-0.3, -0.25) is 4.21 Å². The molecule has 2 aromatic rings. The van der Waals surface area contributed by atoms with Crippen molar-refractivity contribution in [3.63, 3.8) is 0 Å². The van der Waals surface area contributed by atoms with Gasteiger partial charge in [0.05, 0.1) is 34.6 Å². The van der Waals surface area contributed by atoms with Crippen molar-refractivity contribution in [3.8, 4) is 0 Å². The van der Waals surface area contributed by atoms with Crippen LogP contribution in [0.15, 0.2) is 10.3 Å². The van der Waals surface area contributed by atoms with E-state index in [1.807, 2.05) is 18.9 Å². The molecule has 1 unspecified atom stereocenters. The van der Waals surface area contributed by atoms with Crippen LogP contribution in [0.1, 0.15) is 41.0 Å². The molecule has 0 N–H and O–H groups in total. The molecule has 0 aromatic carbocycles. The molecule has 0 saturated carbocycles. The molecule has 9 nitrogen and oxygen atoms in total. The zero-order valence-electron chi connectivity index (χ0n) is 18.3. The van der Waals surface area contributed by atoms with Crippen LogP contribution in [0.2, 0.25) is 0 Å². The molecule has 0 radical (unpaired) electrons. The molecule has 2 fully saturated rings. The number of aryl methyl sites for hydroxylation is 2. The van der Waals surface area contributed by atoms with Gasteiger partial charge in [0.25, 0.3) is 0 Å². The van der Waals surface area contributed by atoms with Crippen molar-refractivity contribution in [1.82, 2.24) is 15.0 Å². The Bertz CT molecular complexity index is 1030. The predicted molar refractivity (Wildman–Crippen MR) is 122 cm³/mol. The van der Waals surface area contributed by atoms with Crippen LogP contribution in [0.3, 0.4) is 0 Å². The first-order valence-electron chi connectivity index (χ1n) is 11.0. The summed E-state index contributed by atoms with van der Waals surface area (Å²) in [6, 6.07) is 0.310. The number of aromatic nitrogens is 3. The Morgan fingerprint density at radius 3 is 2.81 bits per heavy atom. The fourth-order valence-corrected chi connectivity index (χ4v) is 6.35. The minimum atomic E-state index is -1.07. The number of thiazole rings is 1. The fraction of sp³-hybridized carbons (Fsp3) is 0.619. The van der Waals surface area contributed by atoms with Gasteiger partial charge in [-0.2, -0.15) is 4.98 Å². The number of rotatable bonds is 6. The first-order chi connectivity index (χ1) is 15.5. The molecule has 5 rings (SSSR count). The Labute approximate surface area is 193 Å². The van der Waals surface area contributed by atoms with E-state index < -0.39 is 10.8 Å². The first-order valence-corrected chi connectivity index (χ1v) is 13.2. The van der Waals surface area contributed by atoms with Gasteiger partial charge in [0.1, 0.15) is 11.0 Å². The van der Waals surface area contributed by atoms with Crippen molar-refractivity contribution in [1.29, 1.82) is 0 Å². The van der Waals surface area contributed by atoms with E-state index in [2.05, 4.69) is 9.88 Å². The number of carbonyl (C=O) groups excluding carboxylic acids is 1. The lowest BCUT2D eigenvalue weighted by atomic mass is 10.1. The molecule has 0 amide bonds. The van der Waals surface area contributed by atoms with E-state index >= 15 is 0 Å². The van der Waals surface area contributed by atoms with E-state index in [1.54, 1.807) is 5.38 Å². The zero-order chi connectivity index (χ0) is 22.2. The molecule has 5 heterocycles. The molecule has 11 heteroatoms. The second kappa shape index (κ2) is 9.03. The number of hydrogen-bond donors (Lipinski definition) is 0. The zero-order valence-corrected chi connectivity index (χ0v) is 19.9. The van der Waals surface area contributed by atoms with Gasteiger partial charge in [-0.05, 0) is 19.3 Å².